The maximum atomic E-state index is 8.95. The van der Waals surface area contributed by atoms with Gasteiger partial charge >= 0.3 is 0 Å². The monoisotopic (exact) mass is 160 g/mol. The topological polar surface area (TPSA) is 35.5 Å². The first-order chi connectivity index (χ1) is 4.72. The second-order valence-electron chi connectivity index (χ2n) is 1.69. The van der Waals surface area contributed by atoms with Crippen molar-refractivity contribution in [3.05, 3.63) is 12.7 Å². The summed E-state index contributed by atoms with van der Waals surface area (Å²) in [5.41, 5.74) is 0. The number of thiocarbonyl (C=S) groups is 1. The van der Waals surface area contributed by atoms with Crippen molar-refractivity contribution in [2.75, 3.05) is 13.1 Å². The normalized spacial score (nSPS) is 8.60. The van der Waals surface area contributed by atoms with Gasteiger partial charge in [0.1, 0.15) is 0 Å². The van der Waals surface area contributed by atoms with Crippen LogP contribution < -0.4 is 5.32 Å². The first-order valence-electron chi connectivity index (χ1n) is 3.07. The smallest absolute Gasteiger partial charge is 0.193 e. The van der Waals surface area contributed by atoms with Crippen LogP contribution in [0.1, 0.15) is 6.92 Å². The van der Waals surface area contributed by atoms with Crippen molar-refractivity contribution < 1.29 is 5.21 Å². The van der Waals surface area contributed by atoms with Crippen molar-refractivity contribution in [3.8, 4) is 0 Å². The summed E-state index contributed by atoms with van der Waals surface area (Å²) in [4.78, 5) is 0. The third-order valence-corrected chi connectivity index (χ3v) is 1.29. The summed E-state index contributed by atoms with van der Waals surface area (Å²) in [5.74, 6) is 0. The third-order valence-electron chi connectivity index (χ3n) is 0.932. The van der Waals surface area contributed by atoms with E-state index in [4.69, 9.17) is 17.4 Å². The zero-order chi connectivity index (χ0) is 7.98. The van der Waals surface area contributed by atoms with E-state index in [1.807, 2.05) is 6.92 Å². The number of nitrogens with zero attached hydrogens (tertiary/aromatic N) is 1. The Morgan fingerprint density at radius 2 is 2.50 bits per heavy atom. The number of hydrogen-bond acceptors (Lipinski definition) is 2. The zero-order valence-electron chi connectivity index (χ0n) is 6.00. The Morgan fingerprint density at radius 3 is 2.90 bits per heavy atom. The first-order valence-corrected chi connectivity index (χ1v) is 3.48. The summed E-state index contributed by atoms with van der Waals surface area (Å²) >= 11 is 4.76. The van der Waals surface area contributed by atoms with E-state index in [1.54, 1.807) is 6.08 Å². The molecule has 0 aliphatic heterocycles. The predicted molar refractivity (Wildman–Crippen MR) is 45.0 cm³/mol. The van der Waals surface area contributed by atoms with Gasteiger partial charge in [-0.2, -0.15) is 0 Å². The van der Waals surface area contributed by atoms with Gasteiger partial charge in [-0.25, -0.2) is 5.06 Å². The van der Waals surface area contributed by atoms with Crippen LogP contribution in [0.4, 0.5) is 0 Å². The Balaban J connectivity index is 3.51. The molecule has 0 bridgehead atoms. The molecule has 0 fully saturated rings. The van der Waals surface area contributed by atoms with E-state index >= 15 is 0 Å². The fourth-order valence-electron chi connectivity index (χ4n) is 0.394. The van der Waals surface area contributed by atoms with E-state index in [-0.39, 0.29) is 0 Å². The van der Waals surface area contributed by atoms with Crippen LogP contribution in [-0.4, -0.2) is 28.5 Å². The van der Waals surface area contributed by atoms with E-state index in [9.17, 15) is 0 Å². The Labute approximate surface area is 66.3 Å². The fourth-order valence-corrected chi connectivity index (χ4v) is 0.607. The molecule has 2 N–H and O–H groups in total. The molecule has 3 nitrogen and oxygen atoms in total. The van der Waals surface area contributed by atoms with Crippen LogP contribution >= 0.6 is 12.2 Å². The lowest BCUT2D eigenvalue weighted by Gasteiger charge is -2.15. The molecular formula is C6H12N2OS. The van der Waals surface area contributed by atoms with Gasteiger partial charge in [0, 0.05) is 13.1 Å². The number of rotatable bonds is 3. The molecule has 0 saturated heterocycles. The maximum absolute atomic E-state index is 8.95. The molecule has 0 spiro atoms. The highest BCUT2D eigenvalue weighted by Gasteiger charge is 1.99. The largest absolute Gasteiger partial charge is 0.357 e. The molecule has 0 radical (unpaired) electrons. The summed E-state index contributed by atoms with van der Waals surface area (Å²) in [5, 5.41) is 13.0. The quantitative estimate of drug-likeness (QED) is 0.363. The number of hydrogen-bond donors (Lipinski definition) is 2. The number of nitrogens with one attached hydrogen (secondary N) is 1. The first kappa shape index (κ1) is 9.39. The van der Waals surface area contributed by atoms with E-state index in [0.29, 0.717) is 18.2 Å². The Bertz CT molecular complexity index is 127. The standard InChI is InChI=1S/C6H12N2OS/c1-3-5-7-6(10)8(9)4-2/h3,9H,1,4-5H2,2H3,(H,7,10). The molecular weight excluding hydrogens is 148 g/mol. The number of hydroxylamine groups is 2. The van der Waals surface area contributed by atoms with Gasteiger partial charge in [-0.15, -0.1) is 6.58 Å². The van der Waals surface area contributed by atoms with Gasteiger partial charge in [0.25, 0.3) is 0 Å². The van der Waals surface area contributed by atoms with E-state index in [0.717, 1.165) is 5.06 Å². The summed E-state index contributed by atoms with van der Waals surface area (Å²) < 4.78 is 0. The van der Waals surface area contributed by atoms with Gasteiger partial charge in [0.2, 0.25) is 0 Å². The van der Waals surface area contributed by atoms with Crippen molar-refractivity contribution in [2.45, 2.75) is 6.92 Å². The van der Waals surface area contributed by atoms with Crippen LogP contribution in [0.25, 0.3) is 0 Å². The highest BCUT2D eigenvalue weighted by molar-refractivity contribution is 7.80. The summed E-state index contributed by atoms with van der Waals surface area (Å²) in [6, 6.07) is 0. The zero-order valence-corrected chi connectivity index (χ0v) is 6.82. The molecule has 4 heteroatoms. The Hall–Kier alpha value is -0.610. The van der Waals surface area contributed by atoms with Gasteiger partial charge in [0.15, 0.2) is 5.11 Å². The second kappa shape index (κ2) is 5.20. The van der Waals surface area contributed by atoms with Crippen molar-refractivity contribution in [1.82, 2.24) is 10.4 Å². The Morgan fingerprint density at radius 1 is 1.90 bits per heavy atom. The summed E-state index contributed by atoms with van der Waals surface area (Å²) in [6.45, 7) is 6.37. The molecule has 0 aliphatic carbocycles. The summed E-state index contributed by atoms with van der Waals surface area (Å²) in [7, 11) is 0. The molecule has 10 heavy (non-hydrogen) atoms. The molecule has 0 atom stereocenters. The molecule has 0 saturated carbocycles. The van der Waals surface area contributed by atoms with Crippen molar-refractivity contribution >= 4 is 17.3 Å². The molecule has 58 valence electrons. The van der Waals surface area contributed by atoms with Crippen molar-refractivity contribution in [3.63, 3.8) is 0 Å². The molecule has 0 aromatic rings. The van der Waals surface area contributed by atoms with E-state index in [1.165, 1.54) is 0 Å². The summed E-state index contributed by atoms with van der Waals surface area (Å²) in [6.07, 6.45) is 1.68. The van der Waals surface area contributed by atoms with Crippen LogP contribution in [-0.2, 0) is 0 Å². The van der Waals surface area contributed by atoms with Gasteiger partial charge < -0.3 is 5.32 Å². The minimum absolute atomic E-state index is 0.336. The fraction of sp³-hybridized carbons (Fsp3) is 0.500. The van der Waals surface area contributed by atoms with Crippen molar-refractivity contribution in [2.24, 2.45) is 0 Å². The maximum Gasteiger partial charge on any atom is 0.193 e. The molecule has 0 aliphatic rings. The molecule has 0 aromatic heterocycles. The van der Waals surface area contributed by atoms with Gasteiger partial charge in [0.05, 0.1) is 0 Å². The average Bonchev–Trinajstić information content (AvgIpc) is 1.98. The predicted octanol–water partition coefficient (Wildman–Crippen LogP) is 0.758. The third kappa shape index (κ3) is 3.42. The highest BCUT2D eigenvalue weighted by atomic mass is 32.1. The lowest BCUT2D eigenvalue weighted by atomic mass is 10.6. The van der Waals surface area contributed by atoms with Crippen LogP contribution in [0.2, 0.25) is 0 Å². The van der Waals surface area contributed by atoms with Gasteiger partial charge in [-0.3, -0.25) is 5.21 Å². The molecule has 0 amide bonds. The minimum Gasteiger partial charge on any atom is -0.357 e. The SMILES string of the molecule is C=CCNC(=S)N(O)CC. The van der Waals surface area contributed by atoms with E-state index in [2.05, 4.69) is 11.9 Å². The highest BCUT2D eigenvalue weighted by Crippen LogP contribution is 1.81. The van der Waals surface area contributed by atoms with Crippen LogP contribution in [0.3, 0.4) is 0 Å². The molecule has 0 aromatic carbocycles. The Kier molecular flexibility index (Phi) is 4.88. The molecule has 0 rings (SSSR count). The minimum atomic E-state index is 0.336. The molecule has 0 heterocycles. The van der Waals surface area contributed by atoms with Gasteiger partial charge in [-0.1, -0.05) is 6.08 Å². The van der Waals surface area contributed by atoms with E-state index < -0.39 is 0 Å². The van der Waals surface area contributed by atoms with Crippen LogP contribution in [0.5, 0.6) is 0 Å². The van der Waals surface area contributed by atoms with Crippen LogP contribution in [0, 0.1) is 0 Å². The average molecular weight is 160 g/mol. The second-order valence-corrected chi connectivity index (χ2v) is 2.08. The lowest BCUT2D eigenvalue weighted by molar-refractivity contribution is -0.00981. The van der Waals surface area contributed by atoms with Crippen LogP contribution in [0.15, 0.2) is 12.7 Å². The van der Waals surface area contributed by atoms with Crippen molar-refractivity contribution in [1.29, 1.82) is 0 Å². The van der Waals surface area contributed by atoms with Gasteiger partial charge in [-0.05, 0) is 19.1 Å². The lowest BCUT2D eigenvalue weighted by Crippen LogP contribution is -2.37. The molecule has 0 unspecified atom stereocenters.